The number of rotatable bonds is 2. The van der Waals surface area contributed by atoms with Crippen LogP contribution in [-0.4, -0.2) is 6.41 Å². The van der Waals surface area contributed by atoms with E-state index in [4.69, 9.17) is 10.7 Å². The number of hydroxylamine groups is 1. The van der Waals surface area contributed by atoms with Crippen molar-refractivity contribution < 1.29 is 9.73 Å². The molecule has 2 radical (unpaired) electrons. The lowest BCUT2D eigenvalue weighted by Crippen LogP contribution is -2.08. The van der Waals surface area contributed by atoms with E-state index in [1.54, 1.807) is 0 Å². The molecule has 28 valence electrons. The summed E-state index contributed by atoms with van der Waals surface area (Å²) in [7, 11) is 0. The fourth-order valence-corrected chi connectivity index (χ4v) is 0.0208. The Bertz CT molecular complexity index is 28.8. The van der Waals surface area contributed by atoms with E-state index in [9.17, 15) is 0 Å². The minimum atomic E-state index is 1.11. The summed E-state index contributed by atoms with van der Waals surface area (Å²) in [6, 6.07) is 0. The molecule has 4 heteroatoms. The third kappa shape index (κ3) is 3.39. The molecule has 0 saturated heterocycles. The van der Waals surface area contributed by atoms with Gasteiger partial charge in [-0.3, -0.25) is 4.79 Å². The minimum Gasteiger partial charge on any atom is -0.261 e. The van der Waals surface area contributed by atoms with Gasteiger partial charge in [-0.2, -0.15) is 4.94 Å². The summed E-state index contributed by atoms with van der Waals surface area (Å²) in [4.78, 5) is 12.2. The second-order valence-corrected chi connectivity index (χ2v) is 0.306. The van der Waals surface area contributed by atoms with Crippen LogP contribution >= 0.6 is 0 Å². The first-order valence-electron chi connectivity index (χ1n) is 0.862. The van der Waals surface area contributed by atoms with Crippen molar-refractivity contribution in [3.05, 3.63) is 0 Å². The molecule has 0 saturated carbocycles. The molecule has 0 aromatic carbocycles. The monoisotopic (exact) mass is 74.0 g/mol. The van der Waals surface area contributed by atoms with E-state index < -0.39 is 0 Å². The molecule has 0 aromatic heterocycles. The average molecular weight is 74.0 g/mol. The van der Waals surface area contributed by atoms with Gasteiger partial charge >= 0.3 is 6.41 Å². The van der Waals surface area contributed by atoms with Crippen molar-refractivity contribution in [3.8, 4) is 0 Å². The van der Waals surface area contributed by atoms with Crippen LogP contribution in [0.2, 0.25) is 0 Å². The highest BCUT2D eigenvalue weighted by atomic mass is 16.8. The molecule has 0 fully saturated rings. The second kappa shape index (κ2) is 3.39. The van der Waals surface area contributed by atoms with Gasteiger partial charge in [0.1, 0.15) is 0 Å². The van der Waals surface area contributed by atoms with Crippen molar-refractivity contribution in [3.63, 3.8) is 0 Å². The van der Waals surface area contributed by atoms with E-state index >= 15 is 0 Å². The predicted molar refractivity (Wildman–Crippen MR) is 13.0 cm³/mol. The standard InChI is InChI=1S/CH2N2O2/c2-5-3-1-4/h2H,(H,3,4). The fraction of sp³-hybridized carbons (Fsp3) is 0. The van der Waals surface area contributed by atoms with Crippen LogP contribution in [0.4, 0.5) is 0 Å². The fourth-order valence-electron chi connectivity index (χ4n) is 0.0208. The van der Waals surface area contributed by atoms with Gasteiger partial charge in [-0.15, -0.1) is 0 Å². The zero-order valence-electron chi connectivity index (χ0n) is 2.32. The first kappa shape index (κ1) is 4.39. The zero-order valence-corrected chi connectivity index (χ0v) is 2.32. The van der Waals surface area contributed by atoms with Gasteiger partial charge in [0.05, 0.1) is 0 Å². The number of nitrogens with one attached hydrogen (secondary N) is 2. The SMILES string of the molecule is [NH]ON[C]=O. The maximum absolute atomic E-state index is 8.92. The van der Waals surface area contributed by atoms with Crippen molar-refractivity contribution in [2.45, 2.75) is 0 Å². The van der Waals surface area contributed by atoms with Crippen LogP contribution < -0.4 is 11.4 Å². The summed E-state index contributed by atoms with van der Waals surface area (Å²) >= 11 is 0. The van der Waals surface area contributed by atoms with Gasteiger partial charge in [0.2, 0.25) is 0 Å². The quantitative estimate of drug-likeness (QED) is 0.329. The normalized spacial score (nSPS) is 6.60. The molecule has 0 aromatic rings. The van der Waals surface area contributed by atoms with Crippen LogP contribution in [0.5, 0.6) is 0 Å². The number of carbonyl (C=O) groups excluding carboxylic acids is 1. The zero-order chi connectivity index (χ0) is 4.12. The molecule has 0 atom stereocenters. The number of amides is 1. The van der Waals surface area contributed by atoms with Crippen LogP contribution in [0.15, 0.2) is 0 Å². The number of hydrogen-bond donors (Lipinski definition) is 1. The van der Waals surface area contributed by atoms with Crippen molar-refractivity contribution in [2.75, 3.05) is 0 Å². The van der Waals surface area contributed by atoms with Crippen LogP contribution in [-0.2, 0) is 9.73 Å². The van der Waals surface area contributed by atoms with Crippen molar-refractivity contribution in [1.82, 2.24) is 11.4 Å². The van der Waals surface area contributed by atoms with Crippen molar-refractivity contribution in [1.29, 1.82) is 0 Å². The maximum atomic E-state index is 8.92. The molecule has 0 aliphatic rings. The molecule has 0 aliphatic carbocycles. The first-order chi connectivity index (χ1) is 2.41. The highest BCUT2D eigenvalue weighted by molar-refractivity contribution is 5.44. The van der Waals surface area contributed by atoms with Gasteiger partial charge < -0.3 is 0 Å². The molecule has 2 N–H and O–H groups in total. The van der Waals surface area contributed by atoms with Gasteiger partial charge in [-0.1, -0.05) is 5.90 Å². The lowest BCUT2D eigenvalue weighted by molar-refractivity contribution is 0.0660. The Morgan fingerprint density at radius 2 is 2.60 bits per heavy atom. The Hall–Kier alpha value is -0.610. The summed E-state index contributed by atoms with van der Waals surface area (Å²) in [5, 5.41) is 0. The predicted octanol–water partition coefficient (Wildman–Crippen LogP) is -1.23. The highest BCUT2D eigenvalue weighted by Crippen LogP contribution is 1.31. The molecule has 0 unspecified atom stereocenters. The van der Waals surface area contributed by atoms with E-state index in [0.717, 1.165) is 6.41 Å². The summed E-state index contributed by atoms with van der Waals surface area (Å²) in [6.45, 7) is 0. The van der Waals surface area contributed by atoms with Gasteiger partial charge in [0.15, 0.2) is 0 Å². The van der Waals surface area contributed by atoms with Gasteiger partial charge in [-0.25, -0.2) is 5.48 Å². The Morgan fingerprint density at radius 1 is 2.00 bits per heavy atom. The van der Waals surface area contributed by atoms with Crippen LogP contribution in [0.1, 0.15) is 0 Å². The Morgan fingerprint density at radius 3 is 2.60 bits per heavy atom. The van der Waals surface area contributed by atoms with E-state index in [-0.39, 0.29) is 0 Å². The molecule has 0 rings (SSSR count). The second-order valence-electron chi connectivity index (χ2n) is 0.306. The van der Waals surface area contributed by atoms with Crippen molar-refractivity contribution >= 4 is 6.41 Å². The molecule has 1 amide bonds. The molecule has 0 heterocycles. The maximum Gasteiger partial charge on any atom is 0.336 e. The third-order valence-corrected chi connectivity index (χ3v) is 0.0927. The van der Waals surface area contributed by atoms with Gasteiger partial charge in [0.25, 0.3) is 0 Å². The van der Waals surface area contributed by atoms with E-state index in [2.05, 4.69) is 4.94 Å². The Kier molecular flexibility index (Phi) is 2.98. The molecule has 5 heavy (non-hydrogen) atoms. The largest absolute Gasteiger partial charge is 0.336 e. The lowest BCUT2D eigenvalue weighted by atomic mass is 11.5. The third-order valence-electron chi connectivity index (χ3n) is 0.0927. The van der Waals surface area contributed by atoms with Gasteiger partial charge in [-0.05, 0) is 0 Å². The Labute approximate surface area is 28.8 Å². The van der Waals surface area contributed by atoms with Gasteiger partial charge in [0, 0.05) is 0 Å². The molecular formula is CH2N2O2. The molecule has 4 nitrogen and oxygen atoms in total. The van der Waals surface area contributed by atoms with Crippen LogP contribution in [0.25, 0.3) is 0 Å². The molecule has 0 bridgehead atoms. The summed E-state index contributed by atoms with van der Waals surface area (Å²) < 4.78 is 0. The first-order valence-corrected chi connectivity index (χ1v) is 0.862. The summed E-state index contributed by atoms with van der Waals surface area (Å²) in [5.74, 6) is 5.73. The summed E-state index contributed by atoms with van der Waals surface area (Å²) in [5.41, 5.74) is 1.47. The summed E-state index contributed by atoms with van der Waals surface area (Å²) in [6.07, 6.45) is 1.11. The van der Waals surface area contributed by atoms with Crippen LogP contribution in [0, 0.1) is 0 Å². The van der Waals surface area contributed by atoms with E-state index in [0.29, 0.717) is 0 Å². The highest BCUT2D eigenvalue weighted by Gasteiger charge is 1.62. The molecule has 0 aliphatic heterocycles. The van der Waals surface area contributed by atoms with E-state index in [1.807, 2.05) is 0 Å². The topological polar surface area (TPSA) is 62.1 Å². The smallest absolute Gasteiger partial charge is 0.261 e. The van der Waals surface area contributed by atoms with Crippen LogP contribution in [0.3, 0.4) is 0 Å². The molecular weight excluding hydrogens is 72.0 g/mol. The number of hydrogen-bond acceptors (Lipinski definition) is 2. The lowest BCUT2D eigenvalue weighted by Gasteiger charge is -1.77. The molecule has 0 spiro atoms. The van der Waals surface area contributed by atoms with Crippen molar-refractivity contribution in [2.24, 2.45) is 0 Å². The average Bonchev–Trinajstić information content (AvgIpc) is 1.41. The van der Waals surface area contributed by atoms with E-state index in [1.165, 1.54) is 5.48 Å². The minimum absolute atomic E-state index is 1.11. The Balaban J connectivity index is 2.40.